The van der Waals surface area contributed by atoms with Gasteiger partial charge in [0, 0.05) is 25.0 Å². The average molecular weight is 514 g/mol. The summed E-state index contributed by atoms with van der Waals surface area (Å²) >= 11 is 0. The minimum Gasteiger partial charge on any atom is -0.497 e. The third-order valence-corrected chi connectivity index (χ3v) is 6.23. The van der Waals surface area contributed by atoms with Crippen molar-refractivity contribution in [1.29, 1.82) is 0 Å². The van der Waals surface area contributed by atoms with Gasteiger partial charge in [0.05, 0.1) is 26.5 Å². The van der Waals surface area contributed by atoms with Crippen LogP contribution in [0.1, 0.15) is 17.2 Å². The summed E-state index contributed by atoms with van der Waals surface area (Å²) in [7, 11) is 2.95. The summed E-state index contributed by atoms with van der Waals surface area (Å²) in [6.07, 6.45) is 3.12. The highest BCUT2D eigenvalue weighted by Crippen LogP contribution is 2.33. The summed E-state index contributed by atoms with van der Waals surface area (Å²) < 4.78 is 11.7. The molecule has 1 heterocycles. The summed E-state index contributed by atoms with van der Waals surface area (Å²) in [4.78, 5) is 29.1. The normalized spacial score (nSPS) is 10.7. The number of methoxy groups -OCH3 is 2. The molecule has 0 N–H and O–H groups in total. The number of carbonyl (C=O) groups excluding carboxylic acids is 2. The molecular weight excluding hydrogens is 482 g/mol. The SMILES string of the molecule is COC(=O)CN(CCN(c1ccc(OC)cc1)C(c1ccccc1)c1ccccc1)C(=O)Cn1ccnn1. The van der Waals surface area contributed by atoms with E-state index in [9.17, 15) is 9.59 Å². The summed E-state index contributed by atoms with van der Waals surface area (Å²) in [6, 6.07) is 28.1. The van der Waals surface area contributed by atoms with Gasteiger partial charge < -0.3 is 19.3 Å². The lowest BCUT2D eigenvalue weighted by Crippen LogP contribution is -2.44. The molecule has 0 aliphatic carbocycles. The van der Waals surface area contributed by atoms with Gasteiger partial charge in [-0.2, -0.15) is 0 Å². The van der Waals surface area contributed by atoms with E-state index in [1.807, 2.05) is 60.7 Å². The Morgan fingerprint density at radius 2 is 1.50 bits per heavy atom. The molecule has 4 rings (SSSR count). The average Bonchev–Trinajstić information content (AvgIpc) is 3.48. The first-order chi connectivity index (χ1) is 18.6. The van der Waals surface area contributed by atoms with E-state index in [0.717, 1.165) is 22.6 Å². The van der Waals surface area contributed by atoms with Gasteiger partial charge in [-0.15, -0.1) is 5.10 Å². The van der Waals surface area contributed by atoms with Crippen LogP contribution in [0.25, 0.3) is 0 Å². The molecule has 0 spiro atoms. The highest BCUT2D eigenvalue weighted by Gasteiger charge is 2.26. The predicted molar refractivity (Wildman–Crippen MR) is 144 cm³/mol. The summed E-state index contributed by atoms with van der Waals surface area (Å²) in [6.45, 7) is 0.536. The molecule has 1 amide bonds. The van der Waals surface area contributed by atoms with Gasteiger partial charge >= 0.3 is 5.97 Å². The molecule has 38 heavy (non-hydrogen) atoms. The quantitative estimate of drug-likeness (QED) is 0.268. The van der Waals surface area contributed by atoms with Crippen molar-refractivity contribution in [1.82, 2.24) is 19.9 Å². The Balaban J connectivity index is 1.69. The van der Waals surface area contributed by atoms with E-state index in [2.05, 4.69) is 39.5 Å². The predicted octanol–water partition coefficient (Wildman–Crippen LogP) is 3.58. The lowest BCUT2D eigenvalue weighted by Gasteiger charge is -2.36. The molecule has 4 aromatic rings. The first kappa shape index (κ1) is 26.4. The molecule has 0 fully saturated rings. The van der Waals surface area contributed by atoms with Crippen molar-refractivity contribution in [2.24, 2.45) is 0 Å². The van der Waals surface area contributed by atoms with Crippen LogP contribution in [0.5, 0.6) is 5.75 Å². The van der Waals surface area contributed by atoms with Crippen LogP contribution < -0.4 is 9.64 Å². The van der Waals surface area contributed by atoms with Crippen LogP contribution in [0, 0.1) is 0 Å². The Hall–Kier alpha value is -4.66. The van der Waals surface area contributed by atoms with E-state index in [0.29, 0.717) is 6.54 Å². The molecule has 0 bridgehead atoms. The Bertz CT molecular complexity index is 1240. The summed E-state index contributed by atoms with van der Waals surface area (Å²) in [5.74, 6) is 0.00200. The summed E-state index contributed by atoms with van der Waals surface area (Å²) in [5, 5.41) is 7.65. The molecule has 3 aromatic carbocycles. The third-order valence-electron chi connectivity index (χ3n) is 6.23. The maximum atomic E-state index is 13.2. The molecule has 9 nitrogen and oxygen atoms in total. The first-order valence-corrected chi connectivity index (χ1v) is 12.3. The van der Waals surface area contributed by atoms with Crippen LogP contribution in [0.2, 0.25) is 0 Å². The van der Waals surface area contributed by atoms with Crippen molar-refractivity contribution in [3.63, 3.8) is 0 Å². The van der Waals surface area contributed by atoms with Crippen molar-refractivity contribution in [3.05, 3.63) is 108 Å². The summed E-state index contributed by atoms with van der Waals surface area (Å²) in [5.41, 5.74) is 3.15. The van der Waals surface area contributed by atoms with Gasteiger partial charge in [0.15, 0.2) is 0 Å². The van der Waals surface area contributed by atoms with Crippen molar-refractivity contribution in [2.75, 3.05) is 38.8 Å². The number of benzene rings is 3. The smallest absolute Gasteiger partial charge is 0.325 e. The fourth-order valence-electron chi connectivity index (χ4n) is 4.30. The molecule has 1 aromatic heterocycles. The van der Waals surface area contributed by atoms with E-state index in [1.165, 1.54) is 22.9 Å². The van der Waals surface area contributed by atoms with Crippen LogP contribution in [-0.4, -0.2) is 65.6 Å². The Morgan fingerprint density at radius 3 is 2.03 bits per heavy atom. The number of hydrogen-bond acceptors (Lipinski definition) is 7. The van der Waals surface area contributed by atoms with E-state index < -0.39 is 5.97 Å². The second kappa shape index (κ2) is 13.0. The van der Waals surface area contributed by atoms with E-state index >= 15 is 0 Å². The number of hydrogen-bond donors (Lipinski definition) is 0. The fourth-order valence-corrected chi connectivity index (χ4v) is 4.30. The van der Waals surface area contributed by atoms with Crippen LogP contribution in [0.15, 0.2) is 97.3 Å². The van der Waals surface area contributed by atoms with Gasteiger partial charge in [0.25, 0.3) is 0 Å². The van der Waals surface area contributed by atoms with Crippen molar-refractivity contribution >= 4 is 17.6 Å². The van der Waals surface area contributed by atoms with Gasteiger partial charge in [0.2, 0.25) is 5.91 Å². The van der Waals surface area contributed by atoms with Gasteiger partial charge in [-0.25, -0.2) is 4.68 Å². The number of ether oxygens (including phenoxy) is 2. The lowest BCUT2D eigenvalue weighted by molar-refractivity contribution is -0.147. The van der Waals surface area contributed by atoms with Crippen molar-refractivity contribution in [2.45, 2.75) is 12.6 Å². The molecule has 196 valence electrons. The van der Waals surface area contributed by atoms with Crippen LogP contribution in [0.3, 0.4) is 0 Å². The monoisotopic (exact) mass is 513 g/mol. The molecule has 0 atom stereocenters. The number of amides is 1. The number of nitrogens with zero attached hydrogens (tertiary/aromatic N) is 5. The van der Waals surface area contributed by atoms with E-state index in [4.69, 9.17) is 9.47 Å². The van der Waals surface area contributed by atoms with Crippen LogP contribution in [-0.2, 0) is 20.9 Å². The van der Waals surface area contributed by atoms with Gasteiger partial charge in [-0.1, -0.05) is 65.9 Å². The van der Waals surface area contributed by atoms with Gasteiger partial charge in [-0.05, 0) is 35.4 Å². The van der Waals surface area contributed by atoms with Crippen LogP contribution in [0.4, 0.5) is 5.69 Å². The maximum absolute atomic E-state index is 13.2. The minimum absolute atomic E-state index is 0.0275. The highest BCUT2D eigenvalue weighted by molar-refractivity contribution is 5.82. The third kappa shape index (κ3) is 6.76. The van der Waals surface area contributed by atoms with Gasteiger partial charge in [-0.3, -0.25) is 9.59 Å². The molecule has 9 heteroatoms. The van der Waals surface area contributed by atoms with Crippen LogP contribution >= 0.6 is 0 Å². The molecule has 0 aliphatic heterocycles. The minimum atomic E-state index is -0.490. The number of rotatable bonds is 12. The number of anilines is 1. The van der Waals surface area contributed by atoms with Gasteiger partial charge in [0.1, 0.15) is 18.8 Å². The van der Waals surface area contributed by atoms with Crippen molar-refractivity contribution < 1.29 is 19.1 Å². The zero-order chi connectivity index (χ0) is 26.7. The largest absolute Gasteiger partial charge is 0.497 e. The van der Waals surface area contributed by atoms with E-state index in [-0.39, 0.29) is 31.6 Å². The zero-order valence-corrected chi connectivity index (χ0v) is 21.5. The molecule has 0 unspecified atom stereocenters. The maximum Gasteiger partial charge on any atom is 0.325 e. The highest BCUT2D eigenvalue weighted by atomic mass is 16.5. The molecular formula is C29H31N5O4. The Morgan fingerprint density at radius 1 is 0.868 bits per heavy atom. The first-order valence-electron chi connectivity index (χ1n) is 12.3. The lowest BCUT2D eigenvalue weighted by atomic mass is 9.96. The molecule has 0 saturated carbocycles. The van der Waals surface area contributed by atoms with Crippen molar-refractivity contribution in [3.8, 4) is 5.75 Å². The fraction of sp³-hybridized carbons (Fsp3) is 0.241. The molecule has 0 saturated heterocycles. The molecule has 0 radical (unpaired) electrons. The Labute approximate surface area is 222 Å². The standard InChI is InChI=1S/C29H31N5O4/c1-37-26-15-13-25(14-16-26)34(29(23-9-5-3-6-10-23)24-11-7-4-8-12-24)20-19-32(22-28(36)38-2)27(35)21-33-18-17-30-31-33/h3-18,29H,19-22H2,1-2H3. The topological polar surface area (TPSA) is 89.8 Å². The number of esters is 1. The zero-order valence-electron chi connectivity index (χ0n) is 21.5. The Kier molecular flexibility index (Phi) is 9.07. The number of aromatic nitrogens is 3. The van der Waals surface area contributed by atoms with E-state index in [1.54, 1.807) is 13.3 Å². The second-order valence-electron chi connectivity index (χ2n) is 8.61. The molecule has 0 aliphatic rings. The second-order valence-corrected chi connectivity index (χ2v) is 8.61. The number of carbonyl (C=O) groups is 2.